The van der Waals surface area contributed by atoms with E-state index in [1.165, 1.54) is 12.3 Å². The summed E-state index contributed by atoms with van der Waals surface area (Å²) in [6.45, 7) is 0. The van der Waals surface area contributed by atoms with Gasteiger partial charge < -0.3 is 15.0 Å². The molecule has 1 unspecified atom stereocenters. The Hall–Kier alpha value is -3.13. The molecule has 1 spiro atoms. The first-order valence-corrected chi connectivity index (χ1v) is 11.9. The van der Waals surface area contributed by atoms with Crippen LogP contribution in [0, 0.1) is 5.82 Å². The predicted molar refractivity (Wildman–Crippen MR) is 113 cm³/mol. The van der Waals surface area contributed by atoms with Gasteiger partial charge in [-0.3, -0.25) is 10.0 Å². The van der Waals surface area contributed by atoms with Gasteiger partial charge in [-0.05, 0) is 37.1 Å². The molecule has 5 N–H and O–H groups in total. The van der Waals surface area contributed by atoms with E-state index < -0.39 is 38.4 Å². The molecule has 3 aromatic rings. The summed E-state index contributed by atoms with van der Waals surface area (Å²) in [6, 6.07) is 4.94. The number of nitrogens with one attached hydrogen (secondary N) is 1. The Labute approximate surface area is 187 Å². The summed E-state index contributed by atoms with van der Waals surface area (Å²) in [4.78, 5) is 21.1. The highest BCUT2D eigenvalue weighted by Crippen LogP contribution is 2.45. The maximum Gasteiger partial charge on any atom is 0.275 e. The number of aromatic nitrogens is 3. The number of carbonyl (C=O) groups excluding carboxylic acids is 1. The second-order valence-corrected chi connectivity index (χ2v) is 9.84. The third-order valence-electron chi connectivity index (χ3n) is 6.27. The van der Waals surface area contributed by atoms with Crippen LogP contribution in [0.4, 0.5) is 16.0 Å². The van der Waals surface area contributed by atoms with E-state index in [0.717, 1.165) is 31.4 Å². The van der Waals surface area contributed by atoms with Gasteiger partial charge in [0.15, 0.2) is 6.23 Å². The lowest BCUT2D eigenvalue weighted by Gasteiger charge is -2.45. The lowest BCUT2D eigenvalue weighted by Crippen LogP contribution is -2.56. The van der Waals surface area contributed by atoms with E-state index in [2.05, 4.69) is 15.3 Å². The van der Waals surface area contributed by atoms with E-state index in [1.807, 2.05) is 0 Å². The number of benzene rings is 1. The minimum atomic E-state index is -4.20. The Bertz CT molecular complexity index is 1390. The molecule has 13 heteroatoms. The quantitative estimate of drug-likeness (QED) is 0.416. The van der Waals surface area contributed by atoms with E-state index >= 15 is 0 Å². The third-order valence-corrected chi connectivity index (χ3v) is 7.22. The molecule has 1 amide bonds. The van der Waals surface area contributed by atoms with Gasteiger partial charge in [-0.1, -0.05) is 19.3 Å². The van der Waals surface area contributed by atoms with Gasteiger partial charge in [0.25, 0.3) is 5.91 Å². The number of hydroxylamine groups is 2. The van der Waals surface area contributed by atoms with Crippen LogP contribution in [-0.4, -0.2) is 44.2 Å². The van der Waals surface area contributed by atoms with Crippen molar-refractivity contribution >= 4 is 38.6 Å². The summed E-state index contributed by atoms with van der Waals surface area (Å²) in [5, 5.41) is 29.5. The lowest BCUT2D eigenvalue weighted by molar-refractivity contribution is -0.228. The van der Waals surface area contributed by atoms with Crippen molar-refractivity contribution < 1.29 is 27.9 Å². The van der Waals surface area contributed by atoms with Crippen molar-refractivity contribution in [2.75, 3.05) is 5.32 Å². The monoisotopic (exact) mass is 476 g/mol. The maximum atomic E-state index is 14.2. The van der Waals surface area contributed by atoms with Crippen molar-refractivity contribution in [2.24, 2.45) is 5.14 Å². The summed E-state index contributed by atoms with van der Waals surface area (Å²) in [5.74, 6) is -1.54. The number of nitrogens with zero attached hydrogens (tertiary/aromatic N) is 4. The second kappa shape index (κ2) is 7.45. The molecule has 0 saturated heterocycles. The zero-order valence-corrected chi connectivity index (χ0v) is 18.1. The fourth-order valence-electron chi connectivity index (χ4n) is 4.77. The number of aliphatic hydroxyl groups excluding tert-OH is 1. The van der Waals surface area contributed by atoms with Gasteiger partial charge in [0.2, 0.25) is 16.0 Å². The molecule has 1 atom stereocenters. The van der Waals surface area contributed by atoms with Gasteiger partial charge in [-0.25, -0.2) is 22.9 Å². The van der Waals surface area contributed by atoms with Gasteiger partial charge >= 0.3 is 0 Å². The number of nitrogens with two attached hydrogens (primary N) is 1. The van der Waals surface area contributed by atoms with Crippen LogP contribution >= 0.6 is 0 Å². The van der Waals surface area contributed by atoms with E-state index in [1.54, 1.807) is 10.6 Å². The van der Waals surface area contributed by atoms with Crippen molar-refractivity contribution in [1.29, 1.82) is 0 Å². The second-order valence-electron chi connectivity index (χ2n) is 8.31. The molecule has 0 bridgehead atoms. The number of amides is 1. The first-order valence-electron chi connectivity index (χ1n) is 10.3. The summed E-state index contributed by atoms with van der Waals surface area (Å²) in [5.41, 5.74) is -0.178. The number of rotatable bonds is 3. The summed E-state index contributed by atoms with van der Waals surface area (Å²) in [6.07, 6.45) is 3.43. The number of hydrogen-bond donors (Lipinski definition) is 4. The van der Waals surface area contributed by atoms with Crippen LogP contribution in [0.3, 0.4) is 0 Å². The Kier molecular flexibility index (Phi) is 4.90. The van der Waals surface area contributed by atoms with E-state index in [-0.39, 0.29) is 11.6 Å². The molecule has 2 aromatic heterocycles. The topological polar surface area (TPSA) is 164 Å². The van der Waals surface area contributed by atoms with Crippen LogP contribution in [-0.2, 0) is 20.4 Å². The van der Waals surface area contributed by atoms with Crippen LogP contribution < -0.4 is 10.5 Å². The molecule has 1 aromatic carbocycles. The lowest BCUT2D eigenvalue weighted by atomic mass is 9.79. The highest BCUT2D eigenvalue weighted by molar-refractivity contribution is 7.89. The van der Waals surface area contributed by atoms with Crippen LogP contribution in [0.1, 0.15) is 44.0 Å². The smallest absolute Gasteiger partial charge is 0.275 e. The number of hydrogen-bond acceptors (Lipinski definition) is 8. The number of sulfonamides is 1. The van der Waals surface area contributed by atoms with Crippen molar-refractivity contribution in [3.63, 3.8) is 0 Å². The summed E-state index contributed by atoms with van der Waals surface area (Å²) in [7, 11) is -4.20. The molecular formula is C20H21FN6O5S. The standard InChI is InChI=1S/C20H21FN6O5S/c21-13-9-12(4-5-15(13)33(22,31)32)24-19-23-10-11-8-14-17(28)27(30)18(29)20(6-2-1-3-7-20)26(14)16(11)25-19/h4-5,8-10,17,28,30H,1-3,6-7H2,(H2,22,31,32)(H,23,24,25). The predicted octanol–water partition coefficient (Wildman–Crippen LogP) is 1.84. The molecule has 1 aliphatic carbocycles. The molecule has 11 nitrogen and oxygen atoms in total. The molecule has 1 saturated carbocycles. The molecule has 33 heavy (non-hydrogen) atoms. The van der Waals surface area contributed by atoms with Gasteiger partial charge in [0.05, 0.1) is 5.69 Å². The molecule has 2 aliphatic rings. The Morgan fingerprint density at radius 1 is 1.21 bits per heavy atom. The van der Waals surface area contributed by atoms with Gasteiger partial charge in [-0.2, -0.15) is 10.0 Å². The van der Waals surface area contributed by atoms with Crippen molar-refractivity contribution in [2.45, 2.75) is 48.8 Å². The van der Waals surface area contributed by atoms with Crippen LogP contribution in [0.5, 0.6) is 0 Å². The van der Waals surface area contributed by atoms with E-state index in [0.29, 0.717) is 34.6 Å². The molecular weight excluding hydrogens is 455 g/mol. The van der Waals surface area contributed by atoms with Gasteiger partial charge in [-0.15, -0.1) is 0 Å². The van der Waals surface area contributed by atoms with E-state index in [9.17, 15) is 27.9 Å². The number of carbonyl (C=O) groups is 1. The average molecular weight is 476 g/mol. The highest BCUT2D eigenvalue weighted by atomic mass is 32.2. The normalized spacial score (nSPS) is 20.3. The molecule has 1 aliphatic heterocycles. The van der Waals surface area contributed by atoms with Gasteiger partial charge in [0, 0.05) is 17.3 Å². The SMILES string of the molecule is NS(=O)(=O)c1ccc(Nc2ncc3cc4n(c3n2)C2(CCCCC2)C(=O)N(O)C4O)cc1F. The molecule has 1 fully saturated rings. The number of anilines is 2. The van der Waals surface area contributed by atoms with Crippen LogP contribution in [0.25, 0.3) is 11.0 Å². The third kappa shape index (κ3) is 3.35. The maximum absolute atomic E-state index is 14.2. The van der Waals surface area contributed by atoms with Crippen LogP contribution in [0.15, 0.2) is 35.4 Å². The summed E-state index contributed by atoms with van der Waals surface area (Å²) < 4.78 is 38.7. The highest BCUT2D eigenvalue weighted by Gasteiger charge is 2.51. The van der Waals surface area contributed by atoms with Crippen molar-refractivity contribution in [1.82, 2.24) is 19.6 Å². The summed E-state index contributed by atoms with van der Waals surface area (Å²) >= 11 is 0. The van der Waals surface area contributed by atoms with Gasteiger partial charge in [0.1, 0.15) is 21.9 Å². The van der Waals surface area contributed by atoms with Crippen molar-refractivity contribution in [3.8, 4) is 0 Å². The Balaban J connectivity index is 1.60. The molecule has 3 heterocycles. The Morgan fingerprint density at radius 3 is 2.61 bits per heavy atom. The number of halogens is 1. The Morgan fingerprint density at radius 2 is 1.94 bits per heavy atom. The number of aliphatic hydroxyl groups is 1. The van der Waals surface area contributed by atoms with Crippen molar-refractivity contribution in [3.05, 3.63) is 42.0 Å². The molecule has 174 valence electrons. The average Bonchev–Trinajstić information content (AvgIpc) is 3.16. The fraction of sp³-hybridized carbons (Fsp3) is 0.350. The minimum absolute atomic E-state index is 0.0745. The fourth-order valence-corrected chi connectivity index (χ4v) is 5.36. The first kappa shape index (κ1) is 21.7. The zero-order valence-electron chi connectivity index (χ0n) is 17.3. The van der Waals surface area contributed by atoms with E-state index in [4.69, 9.17) is 5.14 Å². The largest absolute Gasteiger partial charge is 0.366 e. The molecule has 0 radical (unpaired) electrons. The number of fused-ring (bicyclic) bond motifs is 4. The molecule has 5 rings (SSSR count). The number of primary sulfonamides is 1. The first-order chi connectivity index (χ1) is 15.6. The zero-order chi connectivity index (χ0) is 23.5. The van der Waals surface area contributed by atoms with Crippen LogP contribution in [0.2, 0.25) is 0 Å². The minimum Gasteiger partial charge on any atom is -0.366 e.